The summed E-state index contributed by atoms with van der Waals surface area (Å²) in [5, 5.41) is 7.18. The fraction of sp³-hybridized carbons (Fsp3) is 0.524. The zero-order valence-electron chi connectivity index (χ0n) is 17.4. The number of anilines is 1. The molecule has 1 fully saturated rings. The molecule has 1 saturated heterocycles. The molecule has 168 valence electrons. The summed E-state index contributed by atoms with van der Waals surface area (Å²) in [4.78, 5) is 14.4. The normalized spacial score (nSPS) is 21.3. The molecule has 4 rings (SSSR count). The number of carbonyl (C=O) groups is 1. The molecule has 1 N–H and O–H groups in total. The highest BCUT2D eigenvalue weighted by molar-refractivity contribution is 5.93. The topological polar surface area (TPSA) is 68.6 Å². The Labute approximate surface area is 178 Å². The minimum Gasteiger partial charge on any atom is -0.493 e. The van der Waals surface area contributed by atoms with E-state index in [1.165, 1.54) is 20.3 Å². The van der Waals surface area contributed by atoms with Crippen molar-refractivity contribution in [2.75, 3.05) is 32.6 Å². The number of amides is 1. The lowest BCUT2D eigenvalue weighted by molar-refractivity contribution is -0.173. The summed E-state index contributed by atoms with van der Waals surface area (Å²) in [6, 6.07) is 3.98. The lowest BCUT2D eigenvalue weighted by Gasteiger charge is -2.33. The van der Waals surface area contributed by atoms with Gasteiger partial charge in [-0.3, -0.25) is 4.79 Å². The molecule has 1 aromatic carbocycles. The lowest BCUT2D eigenvalue weighted by Crippen LogP contribution is -2.37. The van der Waals surface area contributed by atoms with Gasteiger partial charge in [-0.05, 0) is 37.0 Å². The quantitative estimate of drug-likeness (QED) is 0.776. The van der Waals surface area contributed by atoms with Crippen molar-refractivity contribution in [2.45, 2.75) is 43.9 Å². The number of carbonyl (C=O) groups excluding carboxylic acids is 1. The number of nitrogens with zero attached hydrogens (tertiary/aromatic N) is 3. The molecule has 2 aromatic rings. The van der Waals surface area contributed by atoms with Crippen LogP contribution in [0, 0.1) is 0 Å². The Morgan fingerprint density at radius 1 is 1.10 bits per heavy atom. The van der Waals surface area contributed by atoms with Crippen LogP contribution in [-0.2, 0) is 0 Å². The third-order valence-corrected chi connectivity index (χ3v) is 5.86. The number of alkyl halides is 3. The highest BCUT2D eigenvalue weighted by Gasteiger charge is 2.47. The minimum atomic E-state index is -4.51. The molecule has 0 saturated carbocycles. The monoisotopic (exact) mass is 438 g/mol. The number of piperidine rings is 1. The van der Waals surface area contributed by atoms with Gasteiger partial charge in [0.05, 0.1) is 20.3 Å². The summed E-state index contributed by atoms with van der Waals surface area (Å²) in [6.45, 7) is 1.21. The van der Waals surface area contributed by atoms with Gasteiger partial charge in [0.1, 0.15) is 5.82 Å². The molecule has 1 aromatic heterocycles. The largest absolute Gasteiger partial charge is 0.493 e. The highest BCUT2D eigenvalue weighted by Crippen LogP contribution is 2.44. The molecule has 7 nitrogen and oxygen atoms in total. The Bertz CT molecular complexity index is 954. The number of halogens is 3. The van der Waals surface area contributed by atoms with E-state index in [9.17, 15) is 18.0 Å². The Hall–Kier alpha value is -2.91. The molecule has 0 bridgehead atoms. The first kappa shape index (κ1) is 21.3. The number of likely N-dealkylation sites (tertiary alicyclic amines) is 1. The molecule has 2 atom stereocenters. The number of methoxy groups -OCH3 is 2. The minimum absolute atomic E-state index is 0.0339. The van der Waals surface area contributed by atoms with Crippen LogP contribution in [0.3, 0.4) is 0 Å². The van der Waals surface area contributed by atoms with Gasteiger partial charge in [-0.2, -0.15) is 18.3 Å². The van der Waals surface area contributed by atoms with Crippen molar-refractivity contribution in [1.82, 2.24) is 14.7 Å². The lowest BCUT2D eigenvalue weighted by atomic mass is 9.96. The summed E-state index contributed by atoms with van der Waals surface area (Å²) in [7, 11) is 2.97. The van der Waals surface area contributed by atoms with Crippen LogP contribution in [0.5, 0.6) is 11.5 Å². The van der Waals surface area contributed by atoms with Crippen LogP contribution < -0.4 is 14.8 Å². The number of hydrogen-bond donors (Lipinski definition) is 1. The van der Waals surface area contributed by atoms with Gasteiger partial charge in [-0.15, -0.1) is 0 Å². The van der Waals surface area contributed by atoms with E-state index in [2.05, 4.69) is 10.4 Å². The molecular weight excluding hydrogens is 413 g/mol. The van der Waals surface area contributed by atoms with E-state index in [4.69, 9.17) is 9.47 Å². The van der Waals surface area contributed by atoms with Gasteiger partial charge in [0.15, 0.2) is 23.2 Å². The van der Waals surface area contributed by atoms with Gasteiger partial charge in [0.2, 0.25) is 0 Å². The van der Waals surface area contributed by atoms with E-state index < -0.39 is 18.3 Å². The standard InChI is InChI=1S/C21H25F3N4O3/c1-30-16-7-6-13(10-17(16)31-2)14-11-18(21(22,23)24)28-19(25-14)12-15(26-28)20(29)27-8-4-3-5-9-27/h6-7,10,12,14,18,25H,3-5,8-9,11H2,1-2H3/t14-,18+/m0/s1. The summed E-state index contributed by atoms with van der Waals surface area (Å²) in [6.07, 6.45) is -1.93. The predicted molar refractivity (Wildman–Crippen MR) is 108 cm³/mol. The number of hydrogen-bond acceptors (Lipinski definition) is 5. The average molecular weight is 438 g/mol. The molecule has 2 aliphatic heterocycles. The third kappa shape index (κ3) is 4.15. The summed E-state index contributed by atoms with van der Waals surface area (Å²) in [5.41, 5.74) is 0.662. The van der Waals surface area contributed by atoms with E-state index >= 15 is 0 Å². The van der Waals surface area contributed by atoms with E-state index in [1.807, 2.05) is 0 Å². The van der Waals surface area contributed by atoms with Crippen LogP contribution in [0.2, 0.25) is 0 Å². The van der Waals surface area contributed by atoms with Crippen molar-refractivity contribution in [3.05, 3.63) is 35.5 Å². The van der Waals surface area contributed by atoms with Crippen LogP contribution in [0.15, 0.2) is 24.3 Å². The number of rotatable bonds is 4. The maximum Gasteiger partial charge on any atom is 0.410 e. The smallest absolute Gasteiger partial charge is 0.410 e. The number of aromatic nitrogens is 2. The van der Waals surface area contributed by atoms with E-state index in [1.54, 1.807) is 23.1 Å². The summed E-state index contributed by atoms with van der Waals surface area (Å²) in [5.74, 6) is 0.778. The third-order valence-electron chi connectivity index (χ3n) is 5.86. The van der Waals surface area contributed by atoms with Crippen LogP contribution in [-0.4, -0.2) is 54.1 Å². The second kappa shape index (κ2) is 8.32. The Morgan fingerprint density at radius 3 is 2.45 bits per heavy atom. The van der Waals surface area contributed by atoms with Crippen LogP contribution >= 0.6 is 0 Å². The second-order valence-corrected chi connectivity index (χ2v) is 7.82. The maximum atomic E-state index is 13.9. The second-order valence-electron chi connectivity index (χ2n) is 7.82. The molecular formula is C21H25F3N4O3. The Kier molecular flexibility index (Phi) is 5.72. The van der Waals surface area contributed by atoms with Crippen molar-refractivity contribution in [1.29, 1.82) is 0 Å². The fourth-order valence-corrected chi connectivity index (χ4v) is 4.23. The zero-order valence-corrected chi connectivity index (χ0v) is 17.4. The molecule has 0 spiro atoms. The van der Waals surface area contributed by atoms with Gasteiger partial charge in [-0.25, -0.2) is 4.68 Å². The zero-order chi connectivity index (χ0) is 22.2. The van der Waals surface area contributed by atoms with Crippen LogP contribution in [0.25, 0.3) is 0 Å². The molecule has 3 heterocycles. The molecule has 0 radical (unpaired) electrons. The molecule has 10 heteroatoms. The van der Waals surface area contributed by atoms with Gasteiger partial charge >= 0.3 is 6.18 Å². The van der Waals surface area contributed by atoms with Gasteiger partial charge < -0.3 is 19.7 Å². The van der Waals surface area contributed by atoms with Crippen LogP contribution in [0.1, 0.15) is 53.8 Å². The summed E-state index contributed by atoms with van der Waals surface area (Å²) < 4.78 is 53.1. The van der Waals surface area contributed by atoms with Crippen molar-refractivity contribution >= 4 is 11.7 Å². The van der Waals surface area contributed by atoms with Gasteiger partial charge in [-0.1, -0.05) is 6.07 Å². The first-order chi connectivity index (χ1) is 14.8. The molecule has 1 amide bonds. The first-order valence-corrected chi connectivity index (χ1v) is 10.3. The molecule has 31 heavy (non-hydrogen) atoms. The van der Waals surface area contributed by atoms with Gasteiger partial charge in [0.25, 0.3) is 5.91 Å². The van der Waals surface area contributed by atoms with E-state index in [0.717, 1.165) is 23.9 Å². The number of benzene rings is 1. The molecule has 2 aliphatic rings. The molecule has 0 aliphatic carbocycles. The first-order valence-electron chi connectivity index (χ1n) is 10.3. The Morgan fingerprint density at radius 2 is 1.81 bits per heavy atom. The fourth-order valence-electron chi connectivity index (χ4n) is 4.23. The maximum absolute atomic E-state index is 13.9. The van der Waals surface area contributed by atoms with Crippen molar-refractivity contribution < 1.29 is 27.4 Å². The highest BCUT2D eigenvalue weighted by atomic mass is 19.4. The average Bonchev–Trinajstić information content (AvgIpc) is 3.21. The van der Waals surface area contributed by atoms with Crippen LogP contribution in [0.4, 0.5) is 19.0 Å². The van der Waals surface area contributed by atoms with Gasteiger partial charge in [0, 0.05) is 25.6 Å². The Balaban J connectivity index is 1.66. The number of ether oxygens (including phenoxy) is 2. The summed E-state index contributed by atoms with van der Waals surface area (Å²) >= 11 is 0. The SMILES string of the molecule is COc1ccc([C@@H]2C[C@H](C(F)(F)F)n3nc(C(=O)N4CCCCC4)cc3N2)cc1OC. The van der Waals surface area contributed by atoms with Crippen molar-refractivity contribution in [3.63, 3.8) is 0 Å². The van der Waals surface area contributed by atoms with Crippen molar-refractivity contribution in [2.24, 2.45) is 0 Å². The van der Waals surface area contributed by atoms with E-state index in [0.29, 0.717) is 30.2 Å². The predicted octanol–water partition coefficient (Wildman–Crippen LogP) is 4.19. The number of fused-ring (bicyclic) bond motifs is 1. The van der Waals surface area contributed by atoms with Crippen molar-refractivity contribution in [3.8, 4) is 11.5 Å². The number of nitrogens with one attached hydrogen (secondary N) is 1. The molecule has 0 unspecified atom stereocenters. The van der Waals surface area contributed by atoms with E-state index in [-0.39, 0.29) is 23.8 Å².